The predicted molar refractivity (Wildman–Crippen MR) is 101 cm³/mol. The van der Waals surface area contributed by atoms with Crippen LogP contribution < -0.4 is 0 Å². The van der Waals surface area contributed by atoms with Gasteiger partial charge >= 0.3 is 0 Å². The van der Waals surface area contributed by atoms with Crippen molar-refractivity contribution in [2.75, 3.05) is 32.7 Å². The van der Waals surface area contributed by atoms with Crippen LogP contribution in [0.1, 0.15) is 11.1 Å². The van der Waals surface area contributed by atoms with Crippen molar-refractivity contribution in [2.24, 2.45) is 0 Å². The van der Waals surface area contributed by atoms with Gasteiger partial charge < -0.3 is 0 Å². The fourth-order valence-electron chi connectivity index (χ4n) is 2.88. The van der Waals surface area contributed by atoms with Gasteiger partial charge in [0.15, 0.2) is 0 Å². The van der Waals surface area contributed by atoms with Crippen molar-refractivity contribution in [2.45, 2.75) is 6.54 Å². The Balaban J connectivity index is 1.41. The van der Waals surface area contributed by atoms with Gasteiger partial charge in [0.2, 0.25) is 0 Å². The van der Waals surface area contributed by atoms with Gasteiger partial charge in [0, 0.05) is 43.7 Å². The van der Waals surface area contributed by atoms with Gasteiger partial charge in [-0.3, -0.25) is 9.80 Å². The molecule has 2 nitrogen and oxygen atoms in total. The van der Waals surface area contributed by atoms with E-state index in [1.807, 2.05) is 0 Å². The highest BCUT2D eigenvalue weighted by atomic mass is 79.9. The summed E-state index contributed by atoms with van der Waals surface area (Å²) in [7, 11) is 0. The maximum absolute atomic E-state index is 3.49. The number of halogens is 1. The summed E-state index contributed by atoms with van der Waals surface area (Å²) >= 11 is 3.49. The Morgan fingerprint density at radius 2 is 1.48 bits per heavy atom. The zero-order valence-electron chi connectivity index (χ0n) is 13.4. The minimum atomic E-state index is 1.04. The molecule has 0 unspecified atom stereocenters. The van der Waals surface area contributed by atoms with Gasteiger partial charge in [-0.15, -0.1) is 0 Å². The predicted octanol–water partition coefficient (Wildman–Crippen LogP) is 4.28. The van der Waals surface area contributed by atoms with E-state index in [0.29, 0.717) is 0 Å². The van der Waals surface area contributed by atoms with Crippen LogP contribution >= 0.6 is 15.9 Å². The molecule has 0 atom stereocenters. The monoisotopic (exact) mass is 370 g/mol. The molecule has 0 N–H and O–H groups in total. The van der Waals surface area contributed by atoms with E-state index in [4.69, 9.17) is 0 Å². The first-order chi connectivity index (χ1) is 11.3. The summed E-state index contributed by atoms with van der Waals surface area (Å²) in [5.74, 6) is 0. The molecule has 1 fully saturated rings. The third kappa shape index (κ3) is 5.31. The molecule has 23 heavy (non-hydrogen) atoms. The van der Waals surface area contributed by atoms with E-state index in [1.54, 1.807) is 0 Å². The quantitative estimate of drug-likeness (QED) is 0.774. The fourth-order valence-corrected chi connectivity index (χ4v) is 3.14. The standard InChI is InChI=1S/C20H23BrN2/c21-20-10-8-19(9-11-20)17-23-15-13-22(14-16-23)12-4-7-18-5-2-1-3-6-18/h1-11H,12-17H2/b7-4+. The molecule has 0 aliphatic carbocycles. The first kappa shape index (κ1) is 16.4. The molecule has 2 aromatic rings. The maximum atomic E-state index is 3.49. The highest BCUT2D eigenvalue weighted by Gasteiger charge is 2.15. The molecule has 0 amide bonds. The Labute approximate surface area is 147 Å². The van der Waals surface area contributed by atoms with Crippen LogP contribution in [0.4, 0.5) is 0 Å². The SMILES string of the molecule is Brc1ccc(CN2CCN(C/C=C/c3ccccc3)CC2)cc1. The fraction of sp³-hybridized carbons (Fsp3) is 0.300. The Bertz CT molecular complexity index is 614. The minimum absolute atomic E-state index is 1.04. The molecule has 2 aromatic carbocycles. The van der Waals surface area contributed by atoms with Gasteiger partial charge in [-0.1, -0.05) is 70.5 Å². The molecule has 0 bridgehead atoms. The number of piperazine rings is 1. The van der Waals surface area contributed by atoms with E-state index in [1.165, 1.54) is 11.1 Å². The second kappa shape index (κ2) is 8.44. The Hall–Kier alpha value is -1.42. The molecule has 0 aromatic heterocycles. The summed E-state index contributed by atoms with van der Waals surface area (Å²) in [5.41, 5.74) is 2.67. The molecule has 1 aliphatic rings. The van der Waals surface area contributed by atoms with Crippen LogP contribution in [0.15, 0.2) is 65.1 Å². The van der Waals surface area contributed by atoms with Crippen molar-refractivity contribution in [3.8, 4) is 0 Å². The van der Waals surface area contributed by atoms with Crippen molar-refractivity contribution >= 4 is 22.0 Å². The second-order valence-electron chi connectivity index (χ2n) is 6.02. The Morgan fingerprint density at radius 1 is 0.826 bits per heavy atom. The van der Waals surface area contributed by atoms with Gasteiger partial charge in [-0.2, -0.15) is 0 Å². The summed E-state index contributed by atoms with van der Waals surface area (Å²) in [6, 6.07) is 19.2. The van der Waals surface area contributed by atoms with Crippen molar-refractivity contribution in [1.29, 1.82) is 0 Å². The second-order valence-corrected chi connectivity index (χ2v) is 6.93. The van der Waals surface area contributed by atoms with Crippen LogP contribution in [0.3, 0.4) is 0 Å². The Kier molecular flexibility index (Phi) is 6.03. The zero-order chi connectivity index (χ0) is 15.9. The smallest absolute Gasteiger partial charge is 0.0234 e. The van der Waals surface area contributed by atoms with E-state index in [2.05, 4.69) is 92.5 Å². The number of rotatable bonds is 5. The van der Waals surface area contributed by atoms with Crippen LogP contribution in [-0.4, -0.2) is 42.5 Å². The highest BCUT2D eigenvalue weighted by Crippen LogP contribution is 2.13. The van der Waals surface area contributed by atoms with E-state index >= 15 is 0 Å². The van der Waals surface area contributed by atoms with Crippen LogP contribution in [0.25, 0.3) is 6.08 Å². The largest absolute Gasteiger partial charge is 0.297 e. The van der Waals surface area contributed by atoms with E-state index in [-0.39, 0.29) is 0 Å². The lowest BCUT2D eigenvalue weighted by Crippen LogP contribution is -2.45. The molecule has 0 saturated carbocycles. The summed E-state index contributed by atoms with van der Waals surface area (Å²) in [4.78, 5) is 5.07. The van der Waals surface area contributed by atoms with Gasteiger partial charge in [-0.05, 0) is 23.3 Å². The van der Waals surface area contributed by atoms with Crippen LogP contribution in [0.5, 0.6) is 0 Å². The Morgan fingerprint density at radius 3 is 2.17 bits per heavy atom. The molecule has 1 aliphatic heterocycles. The average Bonchev–Trinajstić information content (AvgIpc) is 2.59. The molecule has 1 heterocycles. The van der Waals surface area contributed by atoms with Crippen molar-refractivity contribution in [3.05, 3.63) is 76.3 Å². The lowest BCUT2D eigenvalue weighted by molar-refractivity contribution is 0.137. The van der Waals surface area contributed by atoms with Gasteiger partial charge in [0.05, 0.1) is 0 Å². The van der Waals surface area contributed by atoms with Gasteiger partial charge in [-0.25, -0.2) is 0 Å². The first-order valence-corrected chi connectivity index (χ1v) is 9.00. The summed E-state index contributed by atoms with van der Waals surface area (Å²) in [5, 5.41) is 0. The van der Waals surface area contributed by atoms with Gasteiger partial charge in [0.25, 0.3) is 0 Å². The molecule has 3 heteroatoms. The highest BCUT2D eigenvalue weighted by molar-refractivity contribution is 9.10. The van der Waals surface area contributed by atoms with Crippen molar-refractivity contribution in [1.82, 2.24) is 9.80 Å². The minimum Gasteiger partial charge on any atom is -0.297 e. The molecular formula is C20H23BrN2. The van der Waals surface area contributed by atoms with Gasteiger partial charge in [0.1, 0.15) is 0 Å². The van der Waals surface area contributed by atoms with Crippen molar-refractivity contribution < 1.29 is 0 Å². The average molecular weight is 371 g/mol. The summed E-state index contributed by atoms with van der Waals surface area (Å²) in [6.07, 6.45) is 4.49. The topological polar surface area (TPSA) is 6.48 Å². The first-order valence-electron chi connectivity index (χ1n) is 8.20. The van der Waals surface area contributed by atoms with Crippen LogP contribution in [-0.2, 0) is 6.54 Å². The normalized spacial score (nSPS) is 16.9. The molecule has 0 radical (unpaired) electrons. The lowest BCUT2D eigenvalue weighted by Gasteiger charge is -2.34. The molecular weight excluding hydrogens is 348 g/mol. The van der Waals surface area contributed by atoms with E-state index in [0.717, 1.165) is 43.7 Å². The number of hydrogen-bond acceptors (Lipinski definition) is 2. The third-order valence-corrected chi connectivity index (χ3v) is 4.79. The lowest BCUT2D eigenvalue weighted by atomic mass is 10.2. The number of nitrogens with zero attached hydrogens (tertiary/aromatic N) is 2. The van der Waals surface area contributed by atoms with E-state index in [9.17, 15) is 0 Å². The summed E-state index contributed by atoms with van der Waals surface area (Å²) < 4.78 is 1.15. The van der Waals surface area contributed by atoms with Crippen LogP contribution in [0, 0.1) is 0 Å². The molecule has 1 saturated heterocycles. The van der Waals surface area contributed by atoms with Crippen LogP contribution in [0.2, 0.25) is 0 Å². The van der Waals surface area contributed by atoms with E-state index < -0.39 is 0 Å². The zero-order valence-corrected chi connectivity index (χ0v) is 15.0. The maximum Gasteiger partial charge on any atom is 0.0234 e. The molecule has 120 valence electrons. The number of benzene rings is 2. The number of hydrogen-bond donors (Lipinski definition) is 0. The third-order valence-electron chi connectivity index (χ3n) is 4.26. The molecule has 3 rings (SSSR count). The summed E-state index contributed by atoms with van der Waals surface area (Å²) in [6.45, 7) is 6.69. The molecule has 0 spiro atoms. The van der Waals surface area contributed by atoms with Crippen molar-refractivity contribution in [3.63, 3.8) is 0 Å².